The van der Waals surface area contributed by atoms with Gasteiger partial charge in [0, 0.05) is 24.5 Å². The summed E-state index contributed by atoms with van der Waals surface area (Å²) in [6, 6.07) is 5.88. The number of hydrogen-bond acceptors (Lipinski definition) is 7. The number of halogens is 6. The van der Waals surface area contributed by atoms with E-state index in [4.69, 9.17) is 56.2 Å². The van der Waals surface area contributed by atoms with Crippen LogP contribution in [0.5, 0.6) is 0 Å². The van der Waals surface area contributed by atoms with Crippen molar-refractivity contribution in [3.05, 3.63) is 77.3 Å². The molecule has 10 nitrogen and oxygen atoms in total. The molecule has 0 aliphatic rings. The number of aromatic nitrogens is 6. The van der Waals surface area contributed by atoms with Gasteiger partial charge in [0.05, 0.1) is 26.7 Å². The molecule has 4 heterocycles. The molecular weight excluding hydrogens is 690 g/mol. The Labute approximate surface area is 240 Å². The van der Waals surface area contributed by atoms with Crippen molar-refractivity contribution in [3.8, 4) is 11.6 Å². The second-order valence-electron chi connectivity index (χ2n) is 6.47. The lowest BCUT2D eigenvalue weighted by molar-refractivity contribution is 0.0515. The van der Waals surface area contributed by atoms with E-state index in [2.05, 4.69) is 52.0 Å². The predicted molar refractivity (Wildman–Crippen MR) is 141 cm³/mol. The van der Waals surface area contributed by atoms with Crippen LogP contribution in [0, 0.1) is 0 Å². The van der Waals surface area contributed by atoms with Crippen LogP contribution in [0.2, 0.25) is 20.1 Å². The maximum atomic E-state index is 11.8. The van der Waals surface area contributed by atoms with Crippen molar-refractivity contribution in [1.82, 2.24) is 29.5 Å². The van der Waals surface area contributed by atoms with E-state index in [1.54, 1.807) is 6.92 Å². The maximum Gasteiger partial charge on any atom is 0.357 e. The van der Waals surface area contributed by atoms with Gasteiger partial charge in [0.25, 0.3) is 0 Å². The first-order chi connectivity index (χ1) is 17.0. The molecule has 4 aromatic rings. The third-order valence-electron chi connectivity index (χ3n) is 4.04. The molecule has 4 aromatic heterocycles. The largest absolute Gasteiger partial charge is 0.477 e. The lowest BCUT2D eigenvalue weighted by Crippen LogP contribution is -2.13. The maximum absolute atomic E-state index is 11.8. The normalized spacial score (nSPS) is 10.5. The smallest absolute Gasteiger partial charge is 0.357 e. The first-order valence-corrected chi connectivity index (χ1v) is 12.7. The number of aromatic carboxylic acids is 1. The second-order valence-corrected chi connectivity index (χ2v) is 9.78. The molecule has 36 heavy (non-hydrogen) atoms. The van der Waals surface area contributed by atoms with Crippen molar-refractivity contribution < 1.29 is 19.4 Å². The molecule has 1 N–H and O–H groups in total. The zero-order valence-corrected chi connectivity index (χ0v) is 24.0. The number of rotatable bonds is 5. The van der Waals surface area contributed by atoms with E-state index in [-0.39, 0.29) is 33.9 Å². The molecule has 0 spiro atoms. The summed E-state index contributed by atoms with van der Waals surface area (Å²) in [5, 5.41) is 18.3. The standard InChI is InChI=1S/C11H8BrCl2N3O2.C9H4BrCl2N3O2/c1-2-19-11(18)8-4-9(12)16-17(8)10-7(14)3-6(13)5-15-10;10-7-2-6(9(16)17)15(14-7)8-5(12)1-4(11)3-13-8/h3-5H,2H2,1H3;1-3H,(H,16,17). The number of hydrogen-bond donors (Lipinski definition) is 1. The summed E-state index contributed by atoms with van der Waals surface area (Å²) in [5.41, 5.74) is 0.180. The number of carboxylic acid groups (broad SMARTS) is 1. The van der Waals surface area contributed by atoms with E-state index in [9.17, 15) is 9.59 Å². The van der Waals surface area contributed by atoms with Crippen LogP contribution in [0.1, 0.15) is 27.9 Å². The van der Waals surface area contributed by atoms with Gasteiger partial charge in [0.2, 0.25) is 0 Å². The molecule has 16 heteroatoms. The van der Waals surface area contributed by atoms with Crippen LogP contribution in [0.4, 0.5) is 0 Å². The second kappa shape index (κ2) is 12.3. The number of nitrogens with zero attached hydrogens (tertiary/aromatic N) is 6. The lowest BCUT2D eigenvalue weighted by Gasteiger charge is -2.07. The van der Waals surface area contributed by atoms with Crippen molar-refractivity contribution in [2.75, 3.05) is 6.61 Å². The fourth-order valence-corrected chi connectivity index (χ4v) is 4.33. The zero-order chi connectivity index (χ0) is 26.6. The van der Waals surface area contributed by atoms with Gasteiger partial charge in [-0.05, 0) is 50.9 Å². The molecule has 0 unspecified atom stereocenters. The third kappa shape index (κ3) is 6.75. The molecule has 0 atom stereocenters. The van der Waals surface area contributed by atoms with Gasteiger partial charge in [-0.1, -0.05) is 46.4 Å². The van der Waals surface area contributed by atoms with Crippen molar-refractivity contribution in [1.29, 1.82) is 0 Å². The third-order valence-corrected chi connectivity index (χ3v) is 5.79. The fraction of sp³-hybridized carbons (Fsp3) is 0.100. The van der Waals surface area contributed by atoms with Crippen LogP contribution in [0.3, 0.4) is 0 Å². The van der Waals surface area contributed by atoms with Gasteiger partial charge in [0.1, 0.15) is 9.21 Å². The van der Waals surface area contributed by atoms with Gasteiger partial charge in [-0.2, -0.15) is 10.2 Å². The highest BCUT2D eigenvalue weighted by molar-refractivity contribution is 9.10. The molecule has 0 aromatic carbocycles. The molecule has 0 aliphatic heterocycles. The Hall–Kier alpha value is -2.22. The van der Waals surface area contributed by atoms with Gasteiger partial charge in [-0.15, -0.1) is 0 Å². The monoisotopic (exact) mass is 698 g/mol. The Balaban J connectivity index is 0.000000202. The summed E-state index contributed by atoms with van der Waals surface area (Å²) in [4.78, 5) is 30.9. The average Bonchev–Trinajstić information content (AvgIpc) is 3.37. The van der Waals surface area contributed by atoms with E-state index in [1.165, 1.54) is 41.3 Å². The number of pyridine rings is 2. The van der Waals surface area contributed by atoms with Gasteiger partial charge >= 0.3 is 11.9 Å². The Kier molecular flexibility index (Phi) is 9.72. The molecule has 0 radical (unpaired) electrons. The van der Waals surface area contributed by atoms with Gasteiger partial charge < -0.3 is 9.84 Å². The van der Waals surface area contributed by atoms with Gasteiger partial charge in [-0.3, -0.25) is 0 Å². The SMILES string of the molecule is CCOC(=O)c1cc(Br)nn1-c1ncc(Cl)cc1Cl.O=C(O)c1cc(Br)nn1-c1ncc(Cl)cc1Cl. The van der Waals surface area contributed by atoms with Crippen molar-refractivity contribution in [2.24, 2.45) is 0 Å². The molecule has 0 bridgehead atoms. The molecular formula is C20H12Br2Cl4N6O4. The molecule has 0 saturated carbocycles. The Bertz CT molecular complexity index is 1450. The minimum Gasteiger partial charge on any atom is -0.477 e. The summed E-state index contributed by atoms with van der Waals surface area (Å²) in [7, 11) is 0. The van der Waals surface area contributed by atoms with E-state index in [0.29, 0.717) is 25.1 Å². The zero-order valence-electron chi connectivity index (χ0n) is 17.8. The van der Waals surface area contributed by atoms with E-state index >= 15 is 0 Å². The summed E-state index contributed by atoms with van der Waals surface area (Å²) in [6.07, 6.45) is 2.79. The Morgan fingerprint density at radius 3 is 1.72 bits per heavy atom. The van der Waals surface area contributed by atoms with E-state index < -0.39 is 11.9 Å². The highest BCUT2D eigenvalue weighted by Gasteiger charge is 2.20. The molecule has 0 fully saturated rings. The lowest BCUT2D eigenvalue weighted by atomic mass is 10.4. The minimum atomic E-state index is -1.13. The minimum absolute atomic E-state index is 0.0476. The van der Waals surface area contributed by atoms with Crippen LogP contribution in [0.15, 0.2) is 45.9 Å². The Morgan fingerprint density at radius 2 is 1.31 bits per heavy atom. The fourth-order valence-electron chi connectivity index (χ4n) is 2.66. The molecule has 0 saturated heterocycles. The summed E-state index contributed by atoms with van der Waals surface area (Å²) in [6.45, 7) is 1.99. The Morgan fingerprint density at radius 1 is 0.861 bits per heavy atom. The van der Waals surface area contributed by atoms with Crippen molar-refractivity contribution in [3.63, 3.8) is 0 Å². The molecule has 188 valence electrons. The van der Waals surface area contributed by atoms with Crippen LogP contribution in [-0.2, 0) is 4.74 Å². The number of carbonyl (C=O) groups excluding carboxylic acids is 1. The van der Waals surface area contributed by atoms with E-state index in [0.717, 1.165) is 4.68 Å². The van der Waals surface area contributed by atoms with Crippen LogP contribution in [0.25, 0.3) is 11.6 Å². The van der Waals surface area contributed by atoms with Crippen LogP contribution < -0.4 is 0 Å². The first kappa shape index (κ1) is 28.4. The quantitative estimate of drug-likeness (QED) is 0.233. The van der Waals surface area contributed by atoms with E-state index in [1.807, 2.05) is 0 Å². The molecule has 0 amide bonds. The topological polar surface area (TPSA) is 125 Å². The van der Waals surface area contributed by atoms with Gasteiger partial charge in [0.15, 0.2) is 23.0 Å². The number of ether oxygens (including phenoxy) is 1. The summed E-state index contributed by atoms with van der Waals surface area (Å²) >= 11 is 29.8. The summed E-state index contributed by atoms with van der Waals surface area (Å²) < 4.78 is 8.24. The number of carbonyl (C=O) groups is 2. The van der Waals surface area contributed by atoms with Crippen molar-refractivity contribution >= 4 is 90.2 Å². The highest BCUT2D eigenvalue weighted by atomic mass is 79.9. The predicted octanol–water partition coefficient (Wildman–Crippen LogP) is 6.55. The average molecular weight is 702 g/mol. The molecule has 4 rings (SSSR count). The summed E-state index contributed by atoms with van der Waals surface area (Å²) in [5.74, 6) is -1.12. The number of esters is 1. The first-order valence-electron chi connectivity index (χ1n) is 9.56. The van der Waals surface area contributed by atoms with Crippen LogP contribution in [-0.4, -0.2) is 53.2 Å². The molecule has 0 aliphatic carbocycles. The van der Waals surface area contributed by atoms with Crippen LogP contribution >= 0.6 is 78.3 Å². The number of carboxylic acids is 1. The van der Waals surface area contributed by atoms with Crippen molar-refractivity contribution in [2.45, 2.75) is 6.92 Å². The highest BCUT2D eigenvalue weighted by Crippen LogP contribution is 2.25. The van der Waals surface area contributed by atoms with Gasteiger partial charge in [-0.25, -0.2) is 28.9 Å².